The molecule has 1 aromatic carbocycles. The fourth-order valence-electron chi connectivity index (χ4n) is 3.44. The number of benzene rings is 1. The largest absolute Gasteiger partial charge is 0.316 e. The molecule has 1 aliphatic rings. The third-order valence-electron chi connectivity index (χ3n) is 4.34. The van der Waals surface area contributed by atoms with Gasteiger partial charge >= 0.3 is 0 Å². The summed E-state index contributed by atoms with van der Waals surface area (Å²) in [5.41, 5.74) is 1.50. The van der Waals surface area contributed by atoms with Gasteiger partial charge < -0.3 is 5.32 Å². The van der Waals surface area contributed by atoms with Crippen molar-refractivity contribution in [2.45, 2.75) is 46.5 Å². The third-order valence-corrected chi connectivity index (χ3v) is 4.34. The van der Waals surface area contributed by atoms with Crippen LogP contribution < -0.4 is 5.32 Å². The van der Waals surface area contributed by atoms with E-state index in [9.17, 15) is 9.18 Å². The fraction of sp³-hybridized carbons (Fsp3) is 0.588. The van der Waals surface area contributed by atoms with Gasteiger partial charge in [0.2, 0.25) is 0 Å². The van der Waals surface area contributed by atoms with Crippen LogP contribution in [0.25, 0.3) is 0 Å². The van der Waals surface area contributed by atoms with Crippen LogP contribution in [0.15, 0.2) is 12.1 Å². The number of hydrogen-bond acceptors (Lipinski definition) is 2. The third kappa shape index (κ3) is 2.78. The first-order chi connectivity index (χ1) is 9.50. The Balaban J connectivity index is 2.42. The normalized spacial score (nSPS) is 22.8. The highest BCUT2D eigenvalue weighted by atomic mass is 19.1. The molecular formula is C17H24FNO. The highest BCUT2D eigenvalue weighted by Crippen LogP contribution is 2.36. The van der Waals surface area contributed by atoms with Gasteiger partial charge in [-0.3, -0.25) is 4.79 Å². The average Bonchev–Trinajstić information content (AvgIpc) is 2.38. The molecule has 0 bridgehead atoms. The predicted octanol–water partition coefficient (Wildman–Crippen LogP) is 3.80. The molecule has 0 aliphatic carbocycles. The molecule has 1 N–H and O–H groups in total. The van der Waals surface area contributed by atoms with Gasteiger partial charge in [0.25, 0.3) is 0 Å². The second-order valence-corrected chi connectivity index (χ2v) is 6.08. The van der Waals surface area contributed by atoms with Crippen LogP contribution in [0.1, 0.15) is 54.1 Å². The van der Waals surface area contributed by atoms with E-state index in [1.54, 1.807) is 0 Å². The Morgan fingerprint density at radius 1 is 1.40 bits per heavy atom. The number of Topliss-reactive ketones (excluding diaryl/α,β-unsaturated/α-hetero) is 1. The van der Waals surface area contributed by atoms with Gasteiger partial charge in [0.15, 0.2) is 5.78 Å². The van der Waals surface area contributed by atoms with E-state index in [2.05, 4.69) is 12.2 Å². The Bertz CT molecular complexity index is 475. The van der Waals surface area contributed by atoms with E-state index < -0.39 is 5.41 Å². The summed E-state index contributed by atoms with van der Waals surface area (Å²) in [7, 11) is 0. The highest BCUT2D eigenvalue weighted by molar-refractivity contribution is 6.02. The summed E-state index contributed by atoms with van der Waals surface area (Å²) in [4.78, 5) is 13.0. The number of nitrogens with one attached hydrogen (secondary N) is 1. The number of piperidine rings is 1. The minimum absolute atomic E-state index is 0.0125. The lowest BCUT2D eigenvalue weighted by Crippen LogP contribution is -2.46. The molecule has 1 unspecified atom stereocenters. The van der Waals surface area contributed by atoms with Crippen LogP contribution in [0.5, 0.6) is 0 Å². The summed E-state index contributed by atoms with van der Waals surface area (Å²) in [6, 6.07) is 3.36. The molecule has 0 saturated carbocycles. The summed E-state index contributed by atoms with van der Waals surface area (Å²) in [5, 5.41) is 3.32. The number of ketones is 1. The second kappa shape index (κ2) is 6.04. The molecule has 3 heteroatoms. The Morgan fingerprint density at radius 3 is 2.70 bits per heavy atom. The number of carbonyl (C=O) groups excluding carboxylic acids is 1. The topological polar surface area (TPSA) is 29.1 Å². The standard InChI is InChI=1S/C17H24FNO/c1-4-6-17(7-5-8-19-11-17)16(20)15-13(3)9-12(2)10-14(15)18/h9-10,19H,4-8,11H2,1-3H3. The molecule has 0 spiro atoms. The first-order valence-corrected chi connectivity index (χ1v) is 7.52. The van der Waals surface area contributed by atoms with Crippen LogP contribution >= 0.6 is 0 Å². The molecule has 1 fully saturated rings. The quantitative estimate of drug-likeness (QED) is 0.848. The SMILES string of the molecule is CCCC1(C(=O)c2c(C)cc(C)cc2F)CCCNC1. The molecule has 2 rings (SSSR count). The van der Waals surface area contributed by atoms with Crippen LogP contribution in [0.2, 0.25) is 0 Å². The lowest BCUT2D eigenvalue weighted by Gasteiger charge is -2.36. The minimum atomic E-state index is -0.423. The fourth-order valence-corrected chi connectivity index (χ4v) is 3.44. The maximum atomic E-state index is 14.3. The summed E-state index contributed by atoms with van der Waals surface area (Å²) in [5.74, 6) is -0.380. The summed E-state index contributed by atoms with van der Waals surface area (Å²) >= 11 is 0. The Morgan fingerprint density at radius 2 is 2.15 bits per heavy atom. The predicted molar refractivity (Wildman–Crippen MR) is 79.6 cm³/mol. The summed E-state index contributed by atoms with van der Waals surface area (Å²) < 4.78 is 14.3. The maximum absolute atomic E-state index is 14.3. The highest BCUT2D eigenvalue weighted by Gasteiger charge is 2.40. The lowest BCUT2D eigenvalue weighted by molar-refractivity contribution is 0.0712. The van der Waals surface area contributed by atoms with Gasteiger partial charge in [-0.15, -0.1) is 0 Å². The molecule has 1 aliphatic heterocycles. The smallest absolute Gasteiger partial charge is 0.173 e. The molecule has 2 nitrogen and oxygen atoms in total. The Labute approximate surface area is 120 Å². The number of carbonyl (C=O) groups is 1. The number of hydrogen-bond donors (Lipinski definition) is 1. The zero-order chi connectivity index (χ0) is 14.8. The molecule has 1 heterocycles. The molecule has 1 aromatic rings. The molecule has 0 radical (unpaired) electrons. The molecule has 110 valence electrons. The number of halogens is 1. The number of aryl methyl sites for hydroxylation is 2. The van der Waals surface area contributed by atoms with Crippen LogP contribution in [0, 0.1) is 25.1 Å². The van der Waals surface area contributed by atoms with E-state index in [1.165, 1.54) is 6.07 Å². The molecule has 1 saturated heterocycles. The lowest BCUT2D eigenvalue weighted by atomic mass is 9.71. The van der Waals surface area contributed by atoms with Crippen LogP contribution in [0.4, 0.5) is 4.39 Å². The van der Waals surface area contributed by atoms with Gasteiger partial charge in [0.1, 0.15) is 5.82 Å². The minimum Gasteiger partial charge on any atom is -0.316 e. The van der Waals surface area contributed by atoms with Gasteiger partial charge in [-0.25, -0.2) is 4.39 Å². The van der Waals surface area contributed by atoms with Gasteiger partial charge in [0, 0.05) is 12.0 Å². The molecule has 1 atom stereocenters. The van der Waals surface area contributed by atoms with Crippen LogP contribution in [0.3, 0.4) is 0 Å². The molecular weight excluding hydrogens is 253 g/mol. The van der Waals surface area contributed by atoms with Crippen LogP contribution in [-0.4, -0.2) is 18.9 Å². The first kappa shape index (κ1) is 15.2. The maximum Gasteiger partial charge on any atom is 0.173 e. The van der Waals surface area contributed by atoms with Gasteiger partial charge in [-0.2, -0.15) is 0 Å². The van der Waals surface area contributed by atoms with Crippen molar-refractivity contribution in [3.8, 4) is 0 Å². The zero-order valence-corrected chi connectivity index (χ0v) is 12.7. The van der Waals surface area contributed by atoms with Crippen LogP contribution in [-0.2, 0) is 0 Å². The number of rotatable bonds is 4. The Hall–Kier alpha value is -1.22. The van der Waals surface area contributed by atoms with E-state index in [0.29, 0.717) is 12.1 Å². The van der Waals surface area contributed by atoms with Gasteiger partial charge in [0.05, 0.1) is 5.56 Å². The Kier molecular flexibility index (Phi) is 4.59. The zero-order valence-electron chi connectivity index (χ0n) is 12.7. The molecule has 20 heavy (non-hydrogen) atoms. The van der Waals surface area contributed by atoms with E-state index in [0.717, 1.165) is 43.4 Å². The van der Waals surface area contributed by atoms with Gasteiger partial charge in [-0.05, 0) is 56.8 Å². The van der Waals surface area contributed by atoms with E-state index >= 15 is 0 Å². The summed E-state index contributed by atoms with van der Waals surface area (Å²) in [6.45, 7) is 7.40. The second-order valence-electron chi connectivity index (χ2n) is 6.08. The van der Waals surface area contributed by atoms with Crippen molar-refractivity contribution < 1.29 is 9.18 Å². The van der Waals surface area contributed by atoms with Gasteiger partial charge in [-0.1, -0.05) is 19.4 Å². The van der Waals surface area contributed by atoms with E-state index in [1.807, 2.05) is 19.9 Å². The van der Waals surface area contributed by atoms with Crippen molar-refractivity contribution >= 4 is 5.78 Å². The average molecular weight is 277 g/mol. The van der Waals surface area contributed by atoms with E-state index in [4.69, 9.17) is 0 Å². The van der Waals surface area contributed by atoms with Crippen molar-refractivity contribution in [3.63, 3.8) is 0 Å². The monoisotopic (exact) mass is 277 g/mol. The molecule has 0 amide bonds. The first-order valence-electron chi connectivity index (χ1n) is 7.52. The van der Waals surface area contributed by atoms with Crippen molar-refractivity contribution in [2.75, 3.05) is 13.1 Å². The van der Waals surface area contributed by atoms with Crippen molar-refractivity contribution in [1.82, 2.24) is 5.32 Å². The van der Waals surface area contributed by atoms with Crippen molar-refractivity contribution in [3.05, 3.63) is 34.6 Å². The molecule has 0 aromatic heterocycles. The van der Waals surface area contributed by atoms with E-state index in [-0.39, 0.29) is 11.6 Å². The summed E-state index contributed by atoms with van der Waals surface area (Å²) in [6.07, 6.45) is 3.61. The van der Waals surface area contributed by atoms with Crippen molar-refractivity contribution in [2.24, 2.45) is 5.41 Å². The van der Waals surface area contributed by atoms with Crippen molar-refractivity contribution in [1.29, 1.82) is 0 Å².